The summed E-state index contributed by atoms with van der Waals surface area (Å²) in [5.41, 5.74) is 0. The van der Waals surface area contributed by atoms with Gasteiger partial charge >= 0.3 is 0 Å². The Morgan fingerprint density at radius 2 is 2.14 bits per heavy atom. The molecule has 0 unspecified atom stereocenters. The number of rotatable bonds is 3. The van der Waals surface area contributed by atoms with E-state index in [1.165, 1.54) is 11.3 Å². The monoisotopic (exact) mass is 299 g/mol. The van der Waals surface area contributed by atoms with Crippen molar-refractivity contribution in [3.05, 3.63) is 35.2 Å². The maximum atomic E-state index is 12.3. The van der Waals surface area contributed by atoms with Gasteiger partial charge in [-0.25, -0.2) is 0 Å². The van der Waals surface area contributed by atoms with Gasteiger partial charge < -0.3 is 5.32 Å². The molecular formula is C16H17N3OS. The van der Waals surface area contributed by atoms with Crippen molar-refractivity contribution in [3.8, 4) is 6.07 Å². The minimum atomic E-state index is 0.0231. The van der Waals surface area contributed by atoms with Crippen LogP contribution < -0.4 is 5.32 Å². The quantitative estimate of drug-likeness (QED) is 0.886. The van der Waals surface area contributed by atoms with E-state index in [2.05, 4.69) is 16.3 Å². The summed E-state index contributed by atoms with van der Waals surface area (Å²) in [6, 6.07) is 12.4. The second kappa shape index (κ2) is 6.25. The van der Waals surface area contributed by atoms with Gasteiger partial charge in [-0.3, -0.25) is 9.69 Å². The summed E-state index contributed by atoms with van der Waals surface area (Å²) in [5.74, 6) is 0.0231. The molecule has 0 radical (unpaired) electrons. The van der Waals surface area contributed by atoms with E-state index in [0.29, 0.717) is 6.54 Å². The van der Waals surface area contributed by atoms with Crippen LogP contribution in [0.15, 0.2) is 30.3 Å². The largest absolute Gasteiger partial charge is 0.349 e. The molecule has 2 aromatic rings. The topological polar surface area (TPSA) is 56.1 Å². The summed E-state index contributed by atoms with van der Waals surface area (Å²) in [6.45, 7) is 2.24. The second-order valence-electron chi connectivity index (χ2n) is 5.33. The highest BCUT2D eigenvalue weighted by Crippen LogP contribution is 2.25. The van der Waals surface area contributed by atoms with Crippen LogP contribution >= 0.6 is 11.3 Å². The predicted octanol–water partition coefficient (Wildman–Crippen LogP) is 2.62. The lowest BCUT2D eigenvalue weighted by Gasteiger charge is -2.30. The number of carbonyl (C=O) groups excluding carboxylic acids is 1. The third kappa shape index (κ3) is 3.23. The van der Waals surface area contributed by atoms with Crippen molar-refractivity contribution >= 4 is 27.3 Å². The molecule has 1 N–H and O–H groups in total. The molecule has 1 saturated heterocycles. The zero-order chi connectivity index (χ0) is 14.7. The zero-order valence-electron chi connectivity index (χ0n) is 11.7. The number of thiophene rings is 1. The molecular weight excluding hydrogens is 282 g/mol. The molecule has 1 amide bonds. The number of amides is 1. The van der Waals surface area contributed by atoms with Gasteiger partial charge in [0.2, 0.25) is 0 Å². The molecule has 21 heavy (non-hydrogen) atoms. The van der Waals surface area contributed by atoms with E-state index in [9.17, 15) is 4.79 Å². The molecule has 1 aromatic carbocycles. The van der Waals surface area contributed by atoms with Gasteiger partial charge in [-0.2, -0.15) is 5.26 Å². The third-order valence-corrected chi connectivity index (χ3v) is 4.98. The summed E-state index contributed by atoms with van der Waals surface area (Å²) in [4.78, 5) is 15.2. The Balaban J connectivity index is 1.61. The van der Waals surface area contributed by atoms with Gasteiger partial charge in [0.1, 0.15) is 0 Å². The summed E-state index contributed by atoms with van der Waals surface area (Å²) >= 11 is 1.54. The Hall–Kier alpha value is -1.90. The van der Waals surface area contributed by atoms with Crippen molar-refractivity contribution in [1.29, 1.82) is 5.26 Å². The van der Waals surface area contributed by atoms with E-state index in [0.717, 1.165) is 40.9 Å². The Bertz CT molecular complexity index is 647. The lowest BCUT2D eigenvalue weighted by atomic mass is 10.1. The second-order valence-corrected chi connectivity index (χ2v) is 6.41. The first kappa shape index (κ1) is 14.1. The van der Waals surface area contributed by atoms with Crippen molar-refractivity contribution < 1.29 is 4.79 Å². The first-order chi connectivity index (χ1) is 10.3. The molecule has 2 heterocycles. The molecule has 5 heteroatoms. The SMILES string of the molecule is N#CCN1CCC(NC(=O)c2cc3ccccc3s2)CC1. The van der Waals surface area contributed by atoms with Crippen molar-refractivity contribution in [2.45, 2.75) is 18.9 Å². The van der Waals surface area contributed by atoms with Crippen molar-refractivity contribution in [1.82, 2.24) is 10.2 Å². The minimum Gasteiger partial charge on any atom is -0.349 e. The van der Waals surface area contributed by atoms with Crippen LogP contribution in [-0.4, -0.2) is 36.5 Å². The fraction of sp³-hybridized carbons (Fsp3) is 0.375. The highest BCUT2D eigenvalue weighted by Gasteiger charge is 2.21. The first-order valence-electron chi connectivity index (χ1n) is 7.15. The molecule has 0 saturated carbocycles. The van der Waals surface area contributed by atoms with Crippen molar-refractivity contribution in [2.75, 3.05) is 19.6 Å². The minimum absolute atomic E-state index is 0.0231. The standard InChI is InChI=1S/C16H17N3OS/c17-7-10-19-8-5-13(6-9-19)18-16(20)15-11-12-3-1-2-4-14(12)21-15/h1-4,11,13H,5-6,8-10H2,(H,18,20). The number of hydrogen-bond acceptors (Lipinski definition) is 4. The number of benzene rings is 1. The number of nitrogens with zero attached hydrogens (tertiary/aromatic N) is 2. The van der Waals surface area contributed by atoms with E-state index in [4.69, 9.17) is 5.26 Å². The van der Waals surface area contributed by atoms with Gasteiger partial charge in [-0.15, -0.1) is 11.3 Å². The highest BCUT2D eigenvalue weighted by atomic mass is 32.1. The van der Waals surface area contributed by atoms with Crippen LogP contribution in [0.25, 0.3) is 10.1 Å². The highest BCUT2D eigenvalue weighted by molar-refractivity contribution is 7.20. The fourth-order valence-electron chi connectivity index (χ4n) is 2.69. The van der Waals surface area contributed by atoms with E-state index < -0.39 is 0 Å². The van der Waals surface area contributed by atoms with Gasteiger partial charge in [-0.1, -0.05) is 18.2 Å². The zero-order valence-corrected chi connectivity index (χ0v) is 12.5. The molecule has 0 atom stereocenters. The van der Waals surface area contributed by atoms with Crippen LogP contribution in [0.5, 0.6) is 0 Å². The smallest absolute Gasteiger partial charge is 0.261 e. The predicted molar refractivity (Wildman–Crippen MR) is 84.4 cm³/mol. The lowest BCUT2D eigenvalue weighted by Crippen LogP contribution is -2.44. The number of piperidine rings is 1. The fourth-order valence-corrected chi connectivity index (χ4v) is 3.65. The number of carbonyl (C=O) groups is 1. The van der Waals surface area contributed by atoms with Gasteiger partial charge in [0.05, 0.1) is 17.5 Å². The molecule has 0 aliphatic carbocycles. The van der Waals surface area contributed by atoms with E-state index in [1.54, 1.807) is 0 Å². The molecule has 1 aliphatic heterocycles. The van der Waals surface area contributed by atoms with E-state index in [1.807, 2.05) is 30.3 Å². The summed E-state index contributed by atoms with van der Waals surface area (Å²) < 4.78 is 1.14. The van der Waals surface area contributed by atoms with E-state index >= 15 is 0 Å². The van der Waals surface area contributed by atoms with Crippen LogP contribution in [-0.2, 0) is 0 Å². The summed E-state index contributed by atoms with van der Waals surface area (Å²) in [5, 5.41) is 12.9. The van der Waals surface area contributed by atoms with Gasteiger partial charge in [0.15, 0.2) is 0 Å². The molecule has 1 aromatic heterocycles. The van der Waals surface area contributed by atoms with Crippen LogP contribution in [0.1, 0.15) is 22.5 Å². The average Bonchev–Trinajstić information content (AvgIpc) is 2.94. The Morgan fingerprint density at radius 1 is 1.38 bits per heavy atom. The maximum Gasteiger partial charge on any atom is 0.261 e. The van der Waals surface area contributed by atoms with Crippen LogP contribution in [0, 0.1) is 11.3 Å². The Labute approximate surface area is 128 Å². The Morgan fingerprint density at radius 3 is 2.86 bits per heavy atom. The summed E-state index contributed by atoms with van der Waals surface area (Å²) in [7, 11) is 0. The van der Waals surface area contributed by atoms with Gasteiger partial charge in [-0.05, 0) is 30.4 Å². The van der Waals surface area contributed by atoms with Crippen molar-refractivity contribution in [2.24, 2.45) is 0 Å². The average molecular weight is 299 g/mol. The number of hydrogen-bond donors (Lipinski definition) is 1. The molecule has 1 fully saturated rings. The number of likely N-dealkylation sites (tertiary alicyclic amines) is 1. The lowest BCUT2D eigenvalue weighted by molar-refractivity contribution is 0.0918. The van der Waals surface area contributed by atoms with Crippen LogP contribution in [0.4, 0.5) is 0 Å². The van der Waals surface area contributed by atoms with Gasteiger partial charge in [0.25, 0.3) is 5.91 Å². The van der Waals surface area contributed by atoms with Crippen molar-refractivity contribution in [3.63, 3.8) is 0 Å². The maximum absolute atomic E-state index is 12.3. The van der Waals surface area contributed by atoms with Crippen LogP contribution in [0.2, 0.25) is 0 Å². The first-order valence-corrected chi connectivity index (χ1v) is 7.96. The number of nitrogens with one attached hydrogen (secondary N) is 1. The number of fused-ring (bicyclic) bond motifs is 1. The summed E-state index contributed by atoms with van der Waals surface area (Å²) in [6.07, 6.45) is 1.83. The number of nitriles is 1. The molecule has 4 nitrogen and oxygen atoms in total. The molecule has 108 valence electrons. The molecule has 0 spiro atoms. The molecule has 0 bridgehead atoms. The third-order valence-electron chi connectivity index (χ3n) is 3.87. The Kier molecular flexibility index (Phi) is 4.18. The van der Waals surface area contributed by atoms with Crippen LogP contribution in [0.3, 0.4) is 0 Å². The molecule has 1 aliphatic rings. The molecule has 3 rings (SSSR count). The van der Waals surface area contributed by atoms with Gasteiger partial charge in [0, 0.05) is 23.8 Å². The van der Waals surface area contributed by atoms with E-state index in [-0.39, 0.29) is 11.9 Å². The normalized spacial score (nSPS) is 16.7.